The second-order valence-electron chi connectivity index (χ2n) is 3.42. The van der Waals surface area contributed by atoms with Gasteiger partial charge in [-0.05, 0) is 32.6 Å². The zero-order valence-corrected chi connectivity index (χ0v) is 8.92. The Morgan fingerprint density at radius 3 is 2.77 bits per heavy atom. The number of nitrogens with two attached hydrogens (primary N) is 1. The van der Waals surface area contributed by atoms with Gasteiger partial charge in [0.05, 0.1) is 0 Å². The molecule has 3 nitrogen and oxygen atoms in total. The molecular weight excluding hydrogens is 162 g/mol. The molecule has 1 atom stereocenters. The Morgan fingerprint density at radius 2 is 2.23 bits per heavy atom. The maximum absolute atomic E-state index is 5.82. The summed E-state index contributed by atoms with van der Waals surface area (Å²) in [6.45, 7) is 8.81. The second kappa shape index (κ2) is 8.08. The van der Waals surface area contributed by atoms with Crippen LogP contribution in [0.25, 0.3) is 0 Å². The van der Waals surface area contributed by atoms with Gasteiger partial charge in [0.2, 0.25) is 0 Å². The molecule has 13 heavy (non-hydrogen) atoms. The summed E-state index contributed by atoms with van der Waals surface area (Å²) in [4.78, 5) is 2.28. The van der Waals surface area contributed by atoms with Gasteiger partial charge in [-0.25, -0.2) is 0 Å². The Labute approximate surface area is 82.0 Å². The minimum Gasteiger partial charge on any atom is -0.390 e. The van der Waals surface area contributed by atoms with E-state index in [-0.39, 0.29) is 0 Å². The molecule has 0 saturated heterocycles. The molecule has 0 heterocycles. The Hall–Kier alpha value is -0.540. The van der Waals surface area contributed by atoms with Crippen LogP contribution < -0.4 is 11.1 Å². The molecule has 0 aliphatic heterocycles. The summed E-state index contributed by atoms with van der Waals surface area (Å²) in [5, 5.41) is 3.07. The fourth-order valence-electron chi connectivity index (χ4n) is 1.06. The zero-order valence-electron chi connectivity index (χ0n) is 8.92. The zero-order chi connectivity index (χ0) is 10.1. The lowest BCUT2D eigenvalue weighted by Crippen LogP contribution is -2.31. The third-order valence-corrected chi connectivity index (χ3v) is 2.19. The lowest BCUT2D eigenvalue weighted by molar-refractivity contribution is 0.319. The molecule has 1 unspecified atom stereocenters. The topological polar surface area (TPSA) is 41.3 Å². The van der Waals surface area contributed by atoms with E-state index in [0.717, 1.165) is 32.5 Å². The third-order valence-electron chi connectivity index (χ3n) is 2.19. The van der Waals surface area contributed by atoms with Gasteiger partial charge in [0, 0.05) is 19.1 Å². The van der Waals surface area contributed by atoms with Gasteiger partial charge in [0.25, 0.3) is 0 Å². The normalized spacial score (nSPS) is 12.9. The first kappa shape index (κ1) is 12.5. The van der Waals surface area contributed by atoms with Crippen molar-refractivity contribution in [2.24, 2.45) is 5.73 Å². The molecule has 0 bridgehead atoms. The van der Waals surface area contributed by atoms with Gasteiger partial charge in [-0.2, -0.15) is 0 Å². The van der Waals surface area contributed by atoms with E-state index in [0.29, 0.717) is 6.04 Å². The van der Waals surface area contributed by atoms with Crippen LogP contribution in [0.15, 0.2) is 12.8 Å². The molecule has 3 N–H and O–H groups in total. The summed E-state index contributed by atoms with van der Waals surface area (Å²) in [5.41, 5.74) is 5.82. The number of hydrogen-bond donors (Lipinski definition) is 2. The molecule has 0 aromatic carbocycles. The summed E-state index contributed by atoms with van der Waals surface area (Å²) in [6, 6.07) is 0.356. The highest BCUT2D eigenvalue weighted by molar-refractivity contribution is 4.66. The first-order valence-electron chi connectivity index (χ1n) is 4.99. The summed E-state index contributed by atoms with van der Waals surface area (Å²) < 4.78 is 0. The van der Waals surface area contributed by atoms with Crippen molar-refractivity contribution in [3.63, 3.8) is 0 Å². The van der Waals surface area contributed by atoms with Crippen LogP contribution in [0.2, 0.25) is 0 Å². The van der Waals surface area contributed by atoms with E-state index >= 15 is 0 Å². The molecule has 0 radical (unpaired) electrons. The van der Waals surface area contributed by atoms with Crippen LogP contribution in [0, 0.1) is 0 Å². The van der Waals surface area contributed by atoms with Gasteiger partial charge in [-0.1, -0.05) is 13.5 Å². The molecule has 0 fully saturated rings. The average molecular weight is 185 g/mol. The second-order valence-corrected chi connectivity index (χ2v) is 3.42. The average Bonchev–Trinajstić information content (AvgIpc) is 2.14. The standard InChI is InChI=1S/C10H23N3/c1-4-10(11)6-8-13(3)9-7-12-5-2/h5,10,12H,2,4,6-9,11H2,1,3H3. The van der Waals surface area contributed by atoms with Crippen molar-refractivity contribution in [1.29, 1.82) is 0 Å². The first-order valence-corrected chi connectivity index (χ1v) is 4.99. The minimum atomic E-state index is 0.356. The predicted molar refractivity (Wildman–Crippen MR) is 58.6 cm³/mol. The van der Waals surface area contributed by atoms with Crippen molar-refractivity contribution in [2.45, 2.75) is 25.8 Å². The number of hydrogen-bond acceptors (Lipinski definition) is 3. The van der Waals surface area contributed by atoms with Crippen molar-refractivity contribution < 1.29 is 0 Å². The monoisotopic (exact) mass is 185 g/mol. The molecule has 3 heteroatoms. The third kappa shape index (κ3) is 7.81. The number of likely N-dealkylation sites (N-methyl/N-ethyl adjacent to an activating group) is 1. The smallest absolute Gasteiger partial charge is 0.0269 e. The maximum Gasteiger partial charge on any atom is 0.0269 e. The quantitative estimate of drug-likeness (QED) is 0.549. The van der Waals surface area contributed by atoms with Crippen LogP contribution in [0.5, 0.6) is 0 Å². The molecule has 0 aliphatic rings. The summed E-state index contributed by atoms with van der Waals surface area (Å²) in [7, 11) is 2.12. The Kier molecular flexibility index (Phi) is 7.74. The molecule has 0 saturated carbocycles. The summed E-state index contributed by atoms with van der Waals surface area (Å²) in [5.74, 6) is 0. The summed E-state index contributed by atoms with van der Waals surface area (Å²) >= 11 is 0. The number of rotatable bonds is 8. The Bertz CT molecular complexity index is 125. The lowest BCUT2D eigenvalue weighted by Gasteiger charge is -2.18. The fraction of sp³-hybridized carbons (Fsp3) is 0.800. The Morgan fingerprint density at radius 1 is 1.54 bits per heavy atom. The van der Waals surface area contributed by atoms with Crippen LogP contribution in [0.4, 0.5) is 0 Å². The molecule has 0 aromatic heterocycles. The van der Waals surface area contributed by atoms with Crippen molar-refractivity contribution in [2.75, 3.05) is 26.7 Å². The highest BCUT2D eigenvalue weighted by Crippen LogP contribution is 1.94. The lowest BCUT2D eigenvalue weighted by atomic mass is 10.1. The van der Waals surface area contributed by atoms with E-state index < -0.39 is 0 Å². The van der Waals surface area contributed by atoms with Crippen LogP contribution in [0.1, 0.15) is 19.8 Å². The molecular formula is C10H23N3. The minimum absolute atomic E-state index is 0.356. The highest BCUT2D eigenvalue weighted by atomic mass is 15.1. The van der Waals surface area contributed by atoms with Crippen molar-refractivity contribution in [3.8, 4) is 0 Å². The molecule has 0 aromatic rings. The number of nitrogens with one attached hydrogen (secondary N) is 1. The van der Waals surface area contributed by atoms with E-state index in [9.17, 15) is 0 Å². The van der Waals surface area contributed by atoms with Gasteiger partial charge in [-0.15, -0.1) is 0 Å². The van der Waals surface area contributed by atoms with E-state index in [1.165, 1.54) is 0 Å². The van der Waals surface area contributed by atoms with E-state index in [1.54, 1.807) is 6.20 Å². The molecule has 0 spiro atoms. The van der Waals surface area contributed by atoms with Gasteiger partial charge >= 0.3 is 0 Å². The van der Waals surface area contributed by atoms with Gasteiger partial charge in [-0.3, -0.25) is 0 Å². The van der Waals surface area contributed by atoms with Gasteiger partial charge < -0.3 is 16.0 Å². The van der Waals surface area contributed by atoms with Gasteiger partial charge in [0.1, 0.15) is 0 Å². The SMILES string of the molecule is C=CNCCN(C)CCC(N)CC. The van der Waals surface area contributed by atoms with E-state index in [2.05, 4.69) is 30.8 Å². The molecule has 0 rings (SSSR count). The van der Waals surface area contributed by atoms with Crippen molar-refractivity contribution in [1.82, 2.24) is 10.2 Å². The molecule has 0 aliphatic carbocycles. The Balaban J connectivity index is 3.28. The van der Waals surface area contributed by atoms with Crippen molar-refractivity contribution >= 4 is 0 Å². The van der Waals surface area contributed by atoms with Crippen LogP contribution in [-0.4, -0.2) is 37.6 Å². The maximum atomic E-state index is 5.82. The fourth-order valence-corrected chi connectivity index (χ4v) is 1.06. The van der Waals surface area contributed by atoms with Crippen LogP contribution in [-0.2, 0) is 0 Å². The van der Waals surface area contributed by atoms with E-state index in [4.69, 9.17) is 5.73 Å². The van der Waals surface area contributed by atoms with E-state index in [1.807, 2.05) is 0 Å². The number of nitrogens with zero attached hydrogens (tertiary/aromatic N) is 1. The highest BCUT2D eigenvalue weighted by Gasteiger charge is 2.01. The van der Waals surface area contributed by atoms with Gasteiger partial charge in [0.15, 0.2) is 0 Å². The first-order chi connectivity index (χ1) is 6.20. The largest absolute Gasteiger partial charge is 0.390 e. The van der Waals surface area contributed by atoms with Crippen LogP contribution in [0.3, 0.4) is 0 Å². The van der Waals surface area contributed by atoms with Crippen molar-refractivity contribution in [3.05, 3.63) is 12.8 Å². The van der Waals surface area contributed by atoms with Crippen LogP contribution >= 0.6 is 0 Å². The molecule has 0 amide bonds. The predicted octanol–water partition coefficient (Wildman–Crippen LogP) is 0.779. The molecule has 78 valence electrons. The summed E-state index contributed by atoms with van der Waals surface area (Å²) in [6.07, 6.45) is 3.88.